The zero-order valence-electron chi connectivity index (χ0n) is 36.0. The largest absolute Gasteiger partial charge is 0.508 e. The molecule has 2 aliphatic heterocycles. The lowest BCUT2D eigenvalue weighted by Gasteiger charge is -2.32. The van der Waals surface area contributed by atoms with Gasteiger partial charge in [-0.3, -0.25) is 14.4 Å². The first-order chi connectivity index (χ1) is 29.9. The number of rotatable bonds is 9. The number of aromatic nitrogens is 2. The monoisotopic (exact) mass is 842 g/mol. The van der Waals surface area contributed by atoms with E-state index in [0.29, 0.717) is 37.1 Å². The summed E-state index contributed by atoms with van der Waals surface area (Å²) >= 11 is 0. The van der Waals surface area contributed by atoms with E-state index in [-0.39, 0.29) is 66.5 Å². The average Bonchev–Trinajstić information content (AvgIpc) is 3.90. The van der Waals surface area contributed by atoms with E-state index in [1.54, 1.807) is 31.2 Å². The molecule has 0 spiro atoms. The Labute approximate surface area is 362 Å². The second-order valence-corrected chi connectivity index (χ2v) is 16.7. The van der Waals surface area contributed by atoms with E-state index in [4.69, 9.17) is 9.47 Å². The second kappa shape index (κ2) is 19.6. The van der Waals surface area contributed by atoms with E-state index >= 15 is 0 Å². The quantitative estimate of drug-likeness (QED) is 0.0912. The molecule has 0 radical (unpaired) electrons. The molecule has 12 heteroatoms. The summed E-state index contributed by atoms with van der Waals surface area (Å²) in [6.07, 6.45) is 15.7. The minimum absolute atomic E-state index is 0.0322. The van der Waals surface area contributed by atoms with Gasteiger partial charge in [0.1, 0.15) is 29.2 Å². The lowest BCUT2D eigenvalue weighted by Crippen LogP contribution is -2.35. The number of aromatic amines is 1. The number of esters is 1. The third-order valence-electron chi connectivity index (χ3n) is 12.4. The summed E-state index contributed by atoms with van der Waals surface area (Å²) in [7, 11) is 1.48. The Morgan fingerprint density at radius 1 is 0.903 bits per heavy atom. The van der Waals surface area contributed by atoms with Crippen LogP contribution in [0.4, 0.5) is 5.69 Å². The molecule has 0 aliphatic carbocycles. The number of aliphatic hydroxyl groups excluding tert-OH is 1. The van der Waals surface area contributed by atoms with E-state index < -0.39 is 18.1 Å². The Kier molecular flexibility index (Phi) is 13.9. The molecular formula is C50H58N4O8. The summed E-state index contributed by atoms with van der Waals surface area (Å²) in [6, 6.07) is 15.8. The molecule has 0 unspecified atom stereocenters. The van der Waals surface area contributed by atoms with Gasteiger partial charge in [-0.1, -0.05) is 43.7 Å². The lowest BCUT2D eigenvalue weighted by atomic mass is 9.82. The molecule has 326 valence electrons. The first kappa shape index (κ1) is 43.8. The first-order valence-electron chi connectivity index (χ1n) is 21.6. The van der Waals surface area contributed by atoms with E-state index in [9.17, 15) is 29.7 Å². The summed E-state index contributed by atoms with van der Waals surface area (Å²) < 4.78 is 13.3. The number of hydrogen-bond acceptors (Lipinski definition) is 10. The number of nitrogens with one attached hydrogen (secondary N) is 2. The molecule has 0 fully saturated rings. The van der Waals surface area contributed by atoms with E-state index in [0.717, 1.165) is 58.2 Å². The molecule has 7 rings (SSSR count). The minimum atomic E-state index is -0.614. The van der Waals surface area contributed by atoms with Crippen LogP contribution in [0.5, 0.6) is 17.2 Å². The molecule has 0 saturated carbocycles. The smallest absolute Gasteiger partial charge is 0.302 e. The Balaban J connectivity index is 1.42. The van der Waals surface area contributed by atoms with Crippen LogP contribution >= 0.6 is 0 Å². The van der Waals surface area contributed by atoms with Gasteiger partial charge in [0, 0.05) is 80.8 Å². The molecule has 4 bridgehead atoms. The van der Waals surface area contributed by atoms with E-state index in [1.807, 2.05) is 47.3 Å². The Morgan fingerprint density at radius 2 is 1.69 bits per heavy atom. The van der Waals surface area contributed by atoms with Gasteiger partial charge in [-0.15, -0.1) is 0 Å². The number of dihydropyridines is 1. The van der Waals surface area contributed by atoms with Crippen LogP contribution in [-0.4, -0.2) is 68.7 Å². The fraction of sp³-hybridized carbons (Fsp3) is 0.380. The van der Waals surface area contributed by atoms with E-state index in [2.05, 4.69) is 46.7 Å². The van der Waals surface area contributed by atoms with Gasteiger partial charge in [-0.25, -0.2) is 0 Å². The van der Waals surface area contributed by atoms with Crippen LogP contribution in [0.25, 0.3) is 10.8 Å². The molecule has 3 aromatic carbocycles. The Hall–Kier alpha value is -6.27. The van der Waals surface area contributed by atoms with Crippen LogP contribution in [0.1, 0.15) is 99.1 Å². The van der Waals surface area contributed by atoms with Crippen LogP contribution in [0.3, 0.4) is 0 Å². The van der Waals surface area contributed by atoms with Gasteiger partial charge < -0.3 is 44.6 Å². The number of H-pyrrole nitrogens is 1. The maximum Gasteiger partial charge on any atom is 0.302 e. The number of Topliss-reactive ketones (excluding diaryl/α,β-unsaturated/α-hetero) is 2. The number of phenolic OH excluding ortho intramolecular Hbond substituents is 2. The third kappa shape index (κ3) is 10.1. The minimum Gasteiger partial charge on any atom is -0.508 e. The van der Waals surface area contributed by atoms with Crippen LogP contribution in [0.2, 0.25) is 0 Å². The summed E-state index contributed by atoms with van der Waals surface area (Å²) in [6.45, 7) is 5.79. The van der Waals surface area contributed by atoms with Crippen molar-refractivity contribution < 1.29 is 39.2 Å². The molecule has 2 aromatic heterocycles. The number of phenols is 2. The summed E-state index contributed by atoms with van der Waals surface area (Å²) in [5, 5.41) is 37.1. The number of aliphatic hydroxyl groups is 1. The molecular weight excluding hydrogens is 785 g/mol. The summed E-state index contributed by atoms with van der Waals surface area (Å²) in [5.74, 6) is 0.845. The van der Waals surface area contributed by atoms with E-state index in [1.165, 1.54) is 19.6 Å². The topological polar surface area (TPSA) is 166 Å². The maximum atomic E-state index is 14.3. The highest BCUT2D eigenvalue weighted by molar-refractivity contribution is 5.97. The zero-order chi connectivity index (χ0) is 43.9. The molecule has 4 heterocycles. The van der Waals surface area contributed by atoms with Crippen molar-refractivity contribution in [2.45, 2.75) is 96.8 Å². The summed E-state index contributed by atoms with van der Waals surface area (Å²) in [5.41, 5.74) is 6.60. The van der Waals surface area contributed by atoms with Gasteiger partial charge in [0.15, 0.2) is 11.5 Å². The SMILES string of the molecule is CC[C@@H]1CC[C@@H](OC(C)=O)CC(=O)C[C@H](c2ccc(O)c(OC)c2)n2cc3c(CO)ccc(c3c2)N(CCC(C)=O)C2=CC(=CCN2)[C@H](c2cccc(O)c2)Cc2c[nH]cc2C1. The fourth-order valence-electron chi connectivity index (χ4n) is 9.11. The predicted octanol–water partition coefficient (Wildman–Crippen LogP) is 8.30. The maximum absolute atomic E-state index is 14.3. The number of carbonyl (C=O) groups is 3. The predicted molar refractivity (Wildman–Crippen MR) is 239 cm³/mol. The highest BCUT2D eigenvalue weighted by atomic mass is 16.5. The van der Waals surface area contributed by atoms with Crippen LogP contribution in [0.15, 0.2) is 103 Å². The van der Waals surface area contributed by atoms with Crippen molar-refractivity contribution in [2.24, 2.45) is 5.92 Å². The zero-order valence-corrected chi connectivity index (χ0v) is 36.0. The number of methoxy groups -OCH3 is 1. The molecule has 12 nitrogen and oxygen atoms in total. The third-order valence-corrected chi connectivity index (χ3v) is 12.4. The number of ketones is 2. The number of carbonyl (C=O) groups excluding carboxylic acids is 3. The average molecular weight is 843 g/mol. The molecule has 0 saturated heterocycles. The molecule has 0 amide bonds. The number of anilines is 1. The summed E-state index contributed by atoms with van der Waals surface area (Å²) in [4.78, 5) is 44.9. The Morgan fingerprint density at radius 3 is 2.42 bits per heavy atom. The molecule has 2 aliphatic rings. The van der Waals surface area contributed by atoms with Gasteiger partial charge in [0.05, 0.1) is 25.4 Å². The van der Waals surface area contributed by atoms with Gasteiger partial charge >= 0.3 is 5.97 Å². The number of ether oxygens (including phenoxy) is 2. The highest BCUT2D eigenvalue weighted by Crippen LogP contribution is 2.40. The van der Waals surface area contributed by atoms with Crippen LogP contribution in [0, 0.1) is 5.92 Å². The van der Waals surface area contributed by atoms with Gasteiger partial charge in [0.2, 0.25) is 0 Å². The lowest BCUT2D eigenvalue weighted by molar-refractivity contribution is -0.148. The number of fused-ring (bicyclic) bond motifs is 3. The van der Waals surface area contributed by atoms with Crippen molar-refractivity contribution in [3.05, 3.63) is 131 Å². The normalized spacial score (nSPS) is 20.1. The van der Waals surface area contributed by atoms with Gasteiger partial charge in [0.25, 0.3) is 0 Å². The standard InChI is InChI=1S/C50H58N4O8/c1-5-33-9-12-42(62-32(3)57)24-41(59)25-47(36-11-14-48(60)49(22-36)61-4)53-28-44-37(30-55)10-13-46(45(44)29-53)54(18-16-31(2)56)50-23-35(15-17-52-50)43(34-7-6-8-40(58)20-34)21-39-27-51-26-38(39)19-33/h6-8,10-11,13-15,20,22-23,26-29,33,42-43,47,51-52,55,58,60H,5,9,12,16-19,21,24-25,30H2,1-4H3/t33-,42-,43+,47-/m1/s1. The molecule has 5 N–H and O–H groups in total. The second-order valence-electron chi connectivity index (χ2n) is 16.7. The van der Waals surface area contributed by atoms with Crippen molar-refractivity contribution in [3.63, 3.8) is 0 Å². The first-order valence-corrected chi connectivity index (χ1v) is 21.6. The number of nitrogens with zero attached hydrogens (tertiary/aromatic N) is 2. The van der Waals surface area contributed by atoms with Crippen molar-refractivity contribution in [3.8, 4) is 17.2 Å². The number of allylic oxidation sites excluding steroid dienone is 2. The van der Waals surface area contributed by atoms with Crippen LogP contribution < -0.4 is 15.0 Å². The number of hydrogen-bond donors (Lipinski definition) is 5. The van der Waals surface area contributed by atoms with Crippen molar-refractivity contribution in [1.29, 1.82) is 0 Å². The number of benzene rings is 3. The van der Waals surface area contributed by atoms with Gasteiger partial charge in [-0.05, 0) is 108 Å². The molecule has 4 atom stereocenters. The molecule has 62 heavy (non-hydrogen) atoms. The fourth-order valence-corrected chi connectivity index (χ4v) is 9.11. The molecule has 5 aromatic rings. The highest BCUT2D eigenvalue weighted by Gasteiger charge is 2.28. The van der Waals surface area contributed by atoms with Crippen molar-refractivity contribution >= 4 is 34.0 Å². The number of aromatic hydroxyl groups is 2. The van der Waals surface area contributed by atoms with Crippen LogP contribution in [-0.2, 0) is 38.6 Å². The Bertz CT molecular complexity index is 2480. The van der Waals surface area contributed by atoms with Crippen molar-refractivity contribution in [2.75, 3.05) is 25.1 Å². The van der Waals surface area contributed by atoms with Gasteiger partial charge in [-0.2, -0.15) is 0 Å². The van der Waals surface area contributed by atoms with Crippen molar-refractivity contribution in [1.82, 2.24) is 14.9 Å².